The van der Waals surface area contributed by atoms with E-state index in [1.54, 1.807) is 0 Å². The van der Waals surface area contributed by atoms with Gasteiger partial charge in [0.15, 0.2) is 0 Å². The summed E-state index contributed by atoms with van der Waals surface area (Å²) in [5, 5.41) is 27.8. The van der Waals surface area contributed by atoms with Crippen LogP contribution in [0.15, 0.2) is 140 Å². The van der Waals surface area contributed by atoms with Gasteiger partial charge >= 0.3 is 26.2 Å². The average molecular weight is 752 g/mol. The van der Waals surface area contributed by atoms with Crippen LogP contribution in [0.2, 0.25) is 0 Å². The Morgan fingerprint density at radius 2 is 1.08 bits per heavy atom. The van der Waals surface area contributed by atoms with Crippen molar-refractivity contribution in [1.29, 1.82) is 0 Å². The summed E-state index contributed by atoms with van der Waals surface area (Å²) in [5.41, 5.74) is 9.21. The summed E-state index contributed by atoms with van der Waals surface area (Å²) in [6, 6.07) is 46.6. The van der Waals surface area contributed by atoms with Gasteiger partial charge in [-0.3, -0.25) is 0 Å². The molecule has 0 bridgehead atoms. The molecule has 7 aromatic rings. The predicted molar refractivity (Wildman–Crippen MR) is 211 cm³/mol. The van der Waals surface area contributed by atoms with Crippen molar-refractivity contribution < 1.29 is 36.4 Å². The van der Waals surface area contributed by atoms with Gasteiger partial charge in [0.05, 0.1) is 16.7 Å². The maximum absolute atomic E-state index is 11.3. The van der Waals surface area contributed by atoms with Gasteiger partial charge < -0.3 is 20.1 Å². The van der Waals surface area contributed by atoms with E-state index < -0.39 is 0 Å². The first-order chi connectivity index (χ1) is 24.2. The van der Waals surface area contributed by atoms with Gasteiger partial charge in [-0.1, -0.05) is 92.2 Å². The van der Waals surface area contributed by atoms with Crippen LogP contribution in [0, 0.1) is 20.8 Å². The summed E-state index contributed by atoms with van der Waals surface area (Å²) in [7, 11) is 0. The zero-order valence-corrected chi connectivity index (χ0v) is 32.4. The molecule has 0 aliphatic carbocycles. The van der Waals surface area contributed by atoms with Gasteiger partial charge in [-0.25, -0.2) is 0 Å². The maximum atomic E-state index is 11.3. The summed E-state index contributed by atoms with van der Waals surface area (Å²) in [6.07, 6.45) is 1.48. The first kappa shape index (κ1) is 39.1. The molecule has 6 aromatic carbocycles. The van der Waals surface area contributed by atoms with Crippen LogP contribution in [0.5, 0.6) is 11.5 Å². The molecular weight excluding hydrogens is 704 g/mol. The van der Waals surface area contributed by atoms with Gasteiger partial charge in [-0.05, 0) is 73.7 Å². The number of hydrogen-bond donors (Lipinski definition) is 3. The van der Waals surface area contributed by atoms with Gasteiger partial charge in [0.2, 0.25) is 0 Å². The number of nitrogens with one attached hydrogen (secondary N) is 1. The minimum Gasteiger partial charge on any atom is -0.507 e. The van der Waals surface area contributed by atoms with Crippen LogP contribution >= 0.6 is 0 Å². The van der Waals surface area contributed by atoms with Crippen molar-refractivity contribution in [3.05, 3.63) is 187 Å². The number of aromatic nitrogens is 1. The number of rotatable bonds is 8. The van der Waals surface area contributed by atoms with Crippen LogP contribution in [0.3, 0.4) is 0 Å². The Morgan fingerprint density at radius 1 is 0.588 bits per heavy atom. The quantitative estimate of drug-likeness (QED) is 0.107. The monoisotopic (exact) mass is 750 g/mol. The first-order valence-corrected chi connectivity index (χ1v) is 17.3. The number of para-hydroxylation sites is 3. The second-order valence-electron chi connectivity index (χ2n) is 12.9. The maximum Gasteiger partial charge on any atom is 3.00 e. The van der Waals surface area contributed by atoms with Crippen molar-refractivity contribution in [1.82, 2.24) is 9.88 Å². The Bertz CT molecular complexity index is 2030. The molecule has 257 valence electrons. The largest absolute Gasteiger partial charge is 3.00 e. The minimum absolute atomic E-state index is 0. The van der Waals surface area contributed by atoms with Gasteiger partial charge in [0.1, 0.15) is 11.5 Å². The zero-order valence-electron chi connectivity index (χ0n) is 29.9. The Labute approximate surface area is 322 Å². The Hall–Kier alpha value is -4.70. The number of benzene rings is 6. The summed E-state index contributed by atoms with van der Waals surface area (Å²) in [6.45, 7) is 15.2. The number of phenols is 2. The van der Waals surface area contributed by atoms with Crippen LogP contribution in [-0.4, -0.2) is 27.9 Å². The van der Waals surface area contributed by atoms with E-state index in [-0.39, 0.29) is 26.2 Å². The van der Waals surface area contributed by atoms with Crippen LogP contribution in [0.1, 0.15) is 53.1 Å². The summed E-state index contributed by atoms with van der Waals surface area (Å²) < 4.78 is 2.16. The number of phenolic OH excluding ortho intramolecular Hbond substituents is 2. The molecule has 51 heavy (non-hydrogen) atoms. The van der Waals surface area contributed by atoms with E-state index in [9.17, 15) is 10.2 Å². The van der Waals surface area contributed by atoms with E-state index in [4.69, 9.17) is 0 Å². The smallest absolute Gasteiger partial charge is 0.507 e. The van der Waals surface area contributed by atoms with E-state index in [0.717, 1.165) is 64.0 Å². The molecule has 4 nitrogen and oxygen atoms in total. The second-order valence-corrected chi connectivity index (χ2v) is 12.9. The molecule has 7 rings (SSSR count). The minimum atomic E-state index is 0. The van der Waals surface area contributed by atoms with E-state index in [1.165, 1.54) is 16.3 Å². The molecule has 0 saturated carbocycles. The van der Waals surface area contributed by atoms with Gasteiger partial charge in [-0.15, -0.1) is 24.3 Å². The number of aryl methyl sites for hydroxylation is 1. The SMILES string of the molecule is Cc1cc(CCNCCc2cccc(-n3c4ccccc4c4ccccc43)c2O)c(O)c(C(C)C)c1.[CH2-]c1ccccc1.[CH2-]c1ccccc1.[Zr+3]. The molecule has 1 aromatic heterocycles. The predicted octanol–water partition coefficient (Wildman–Crippen LogP) is 10.7. The average Bonchev–Trinajstić information content (AvgIpc) is 3.45. The number of hydrogen-bond acceptors (Lipinski definition) is 3. The molecule has 3 N–H and O–H groups in total. The van der Waals surface area contributed by atoms with Crippen LogP contribution in [0.25, 0.3) is 27.5 Å². The molecule has 1 heterocycles. The van der Waals surface area contributed by atoms with E-state index in [2.05, 4.69) is 93.0 Å². The van der Waals surface area contributed by atoms with Crippen LogP contribution in [0.4, 0.5) is 0 Å². The molecule has 1 radical (unpaired) electrons. The van der Waals surface area contributed by atoms with E-state index >= 15 is 0 Å². The fourth-order valence-corrected chi connectivity index (χ4v) is 6.18. The summed E-state index contributed by atoms with van der Waals surface area (Å²) in [4.78, 5) is 0. The molecule has 0 fully saturated rings. The fourth-order valence-electron chi connectivity index (χ4n) is 6.18. The zero-order chi connectivity index (χ0) is 35.5. The van der Waals surface area contributed by atoms with Crippen molar-refractivity contribution in [2.45, 2.75) is 39.5 Å². The van der Waals surface area contributed by atoms with Crippen molar-refractivity contribution in [2.75, 3.05) is 13.1 Å². The Morgan fingerprint density at radius 3 is 1.57 bits per heavy atom. The van der Waals surface area contributed by atoms with Gasteiger partial charge in [-0.2, -0.15) is 49.2 Å². The Kier molecular flexibility index (Phi) is 14.6. The van der Waals surface area contributed by atoms with Crippen LogP contribution < -0.4 is 5.32 Å². The number of nitrogens with zero attached hydrogens (tertiary/aromatic N) is 1. The van der Waals surface area contributed by atoms with Crippen molar-refractivity contribution >= 4 is 21.8 Å². The molecule has 0 atom stereocenters. The summed E-state index contributed by atoms with van der Waals surface area (Å²) in [5.74, 6) is 1.04. The molecule has 0 aliphatic rings. The molecule has 0 spiro atoms. The van der Waals surface area contributed by atoms with Gasteiger partial charge in [0, 0.05) is 10.8 Å². The molecule has 0 aliphatic heterocycles. The number of fused-ring (bicyclic) bond motifs is 3. The van der Waals surface area contributed by atoms with E-state index in [1.807, 2.05) is 91.0 Å². The third kappa shape index (κ3) is 10.2. The third-order valence-corrected chi connectivity index (χ3v) is 8.73. The summed E-state index contributed by atoms with van der Waals surface area (Å²) >= 11 is 0. The van der Waals surface area contributed by atoms with Crippen molar-refractivity contribution in [2.24, 2.45) is 0 Å². The van der Waals surface area contributed by atoms with Crippen LogP contribution in [-0.2, 0) is 39.0 Å². The second kappa shape index (κ2) is 19.1. The molecule has 5 heteroatoms. The van der Waals surface area contributed by atoms with Gasteiger partial charge in [0.25, 0.3) is 0 Å². The molecule has 0 saturated heterocycles. The molecule has 0 amide bonds. The Balaban J connectivity index is 0.000000322. The standard InChI is InChI=1S/C32H34N2O2.2C7H7.Zr/c1-21(2)27-20-22(3)19-24(31(27)35)16-18-33-17-15-23-9-8-14-30(32(23)36)34-28-12-6-4-10-25(28)26-11-5-7-13-29(26)34;2*1-7-5-3-2-4-6-7;/h4-14,19-21,33,35-36H,15-18H2,1-3H3;2*2-6H,1H2;/q;2*-1;+3. The third-order valence-electron chi connectivity index (χ3n) is 8.73. The van der Waals surface area contributed by atoms with Crippen molar-refractivity contribution in [3.8, 4) is 17.2 Å². The number of aromatic hydroxyl groups is 2. The topological polar surface area (TPSA) is 57.4 Å². The van der Waals surface area contributed by atoms with E-state index in [0.29, 0.717) is 23.8 Å². The fraction of sp³-hybridized carbons (Fsp3) is 0.174. The molecule has 0 unspecified atom stereocenters. The first-order valence-electron chi connectivity index (χ1n) is 17.3. The van der Waals surface area contributed by atoms with Crippen molar-refractivity contribution in [3.63, 3.8) is 0 Å². The normalized spacial score (nSPS) is 10.6. The molecular formula is C46H48N2O2Zr+.